The topological polar surface area (TPSA) is 42.1 Å². The van der Waals surface area contributed by atoms with Crippen LogP contribution in [0.3, 0.4) is 0 Å². The van der Waals surface area contributed by atoms with E-state index < -0.39 is 0 Å². The van der Waals surface area contributed by atoms with Crippen LogP contribution >= 0.6 is 11.3 Å². The second-order valence-electron chi connectivity index (χ2n) is 3.53. The highest BCUT2D eigenvalue weighted by molar-refractivity contribution is 7.16. The van der Waals surface area contributed by atoms with Crippen LogP contribution in [0, 0.1) is 0 Å². The van der Waals surface area contributed by atoms with Gasteiger partial charge < -0.3 is 9.72 Å². The Kier molecular flexibility index (Phi) is 1.97. The Hall–Kier alpha value is -1.81. The Morgan fingerprint density at radius 3 is 2.88 bits per heavy atom. The first-order valence-corrected chi connectivity index (χ1v) is 5.75. The SMILES string of the molecule is COc1ccc2c(=O)[nH]c3sccc3c2c1. The number of thiophene rings is 1. The summed E-state index contributed by atoms with van der Waals surface area (Å²) in [4.78, 5) is 15.6. The van der Waals surface area contributed by atoms with Gasteiger partial charge in [-0.05, 0) is 29.6 Å². The average molecular weight is 231 g/mol. The lowest BCUT2D eigenvalue weighted by Crippen LogP contribution is -2.04. The molecule has 0 unspecified atom stereocenters. The molecule has 0 aliphatic heterocycles. The molecule has 1 aromatic carbocycles. The van der Waals surface area contributed by atoms with Crippen LogP contribution in [0.1, 0.15) is 0 Å². The average Bonchev–Trinajstić information content (AvgIpc) is 2.76. The molecular weight excluding hydrogens is 222 g/mol. The number of benzene rings is 1. The number of hydrogen-bond donors (Lipinski definition) is 1. The molecular formula is C12H9NO2S. The molecule has 80 valence electrons. The molecule has 0 bridgehead atoms. The largest absolute Gasteiger partial charge is 0.497 e. The summed E-state index contributed by atoms with van der Waals surface area (Å²) in [6.07, 6.45) is 0. The van der Waals surface area contributed by atoms with Gasteiger partial charge in [0.1, 0.15) is 10.6 Å². The third-order valence-electron chi connectivity index (χ3n) is 2.65. The van der Waals surface area contributed by atoms with Crippen LogP contribution in [-0.4, -0.2) is 12.1 Å². The number of hydrogen-bond acceptors (Lipinski definition) is 3. The Bertz CT molecular complexity index is 727. The second kappa shape index (κ2) is 3.35. The molecule has 2 heterocycles. The van der Waals surface area contributed by atoms with E-state index in [4.69, 9.17) is 4.74 Å². The molecule has 16 heavy (non-hydrogen) atoms. The summed E-state index contributed by atoms with van der Waals surface area (Å²) < 4.78 is 5.18. The third kappa shape index (κ3) is 1.23. The molecule has 0 fully saturated rings. The lowest BCUT2D eigenvalue weighted by atomic mass is 10.1. The van der Waals surface area contributed by atoms with Gasteiger partial charge in [-0.3, -0.25) is 4.79 Å². The van der Waals surface area contributed by atoms with Crippen molar-refractivity contribution in [3.05, 3.63) is 40.0 Å². The van der Waals surface area contributed by atoms with Crippen LogP contribution in [0.2, 0.25) is 0 Å². The van der Waals surface area contributed by atoms with Crippen LogP contribution in [0.15, 0.2) is 34.4 Å². The quantitative estimate of drug-likeness (QED) is 0.699. The van der Waals surface area contributed by atoms with E-state index in [1.165, 1.54) is 11.3 Å². The number of rotatable bonds is 1. The van der Waals surface area contributed by atoms with E-state index in [-0.39, 0.29) is 5.56 Å². The predicted molar refractivity (Wildman–Crippen MR) is 66.5 cm³/mol. The zero-order valence-corrected chi connectivity index (χ0v) is 9.43. The Labute approximate surface area is 95.3 Å². The second-order valence-corrected chi connectivity index (χ2v) is 4.45. The molecule has 0 saturated carbocycles. The number of ether oxygens (including phenoxy) is 1. The maximum Gasteiger partial charge on any atom is 0.256 e. The Morgan fingerprint density at radius 1 is 1.19 bits per heavy atom. The fraction of sp³-hybridized carbons (Fsp3) is 0.0833. The molecule has 3 rings (SSSR count). The van der Waals surface area contributed by atoms with E-state index in [0.29, 0.717) is 5.39 Å². The van der Waals surface area contributed by atoms with Crippen molar-refractivity contribution in [1.82, 2.24) is 4.98 Å². The van der Waals surface area contributed by atoms with Gasteiger partial charge in [-0.25, -0.2) is 0 Å². The first-order valence-electron chi connectivity index (χ1n) is 4.87. The molecule has 0 aliphatic rings. The van der Waals surface area contributed by atoms with Gasteiger partial charge in [0.25, 0.3) is 5.56 Å². The molecule has 0 amide bonds. The highest BCUT2D eigenvalue weighted by atomic mass is 32.1. The van der Waals surface area contributed by atoms with Crippen molar-refractivity contribution in [2.45, 2.75) is 0 Å². The molecule has 0 saturated heterocycles. The zero-order chi connectivity index (χ0) is 11.1. The summed E-state index contributed by atoms with van der Waals surface area (Å²) in [5, 5.41) is 4.68. The van der Waals surface area contributed by atoms with Crippen LogP contribution in [0.5, 0.6) is 5.75 Å². The third-order valence-corrected chi connectivity index (χ3v) is 3.48. The summed E-state index contributed by atoms with van der Waals surface area (Å²) in [6, 6.07) is 7.51. The first-order chi connectivity index (χ1) is 7.79. The maximum absolute atomic E-state index is 11.8. The van der Waals surface area contributed by atoms with E-state index in [1.54, 1.807) is 19.2 Å². The summed E-state index contributed by atoms with van der Waals surface area (Å²) in [6.45, 7) is 0. The van der Waals surface area contributed by atoms with Crippen LogP contribution in [-0.2, 0) is 0 Å². The minimum Gasteiger partial charge on any atom is -0.497 e. The number of aromatic nitrogens is 1. The molecule has 3 aromatic rings. The van der Waals surface area contributed by atoms with Gasteiger partial charge in [-0.2, -0.15) is 0 Å². The minimum absolute atomic E-state index is 0.0485. The molecule has 2 aromatic heterocycles. The number of fused-ring (bicyclic) bond motifs is 3. The van der Waals surface area contributed by atoms with E-state index in [9.17, 15) is 4.79 Å². The highest BCUT2D eigenvalue weighted by Gasteiger charge is 2.06. The van der Waals surface area contributed by atoms with Gasteiger partial charge in [0, 0.05) is 16.2 Å². The predicted octanol–water partition coefficient (Wildman–Crippen LogP) is 2.75. The molecule has 4 heteroatoms. The first kappa shape index (κ1) is 9.42. The van der Waals surface area contributed by atoms with Crippen LogP contribution in [0.4, 0.5) is 0 Å². The van der Waals surface area contributed by atoms with Gasteiger partial charge in [0.2, 0.25) is 0 Å². The van der Waals surface area contributed by atoms with E-state index in [2.05, 4.69) is 4.98 Å². The highest BCUT2D eigenvalue weighted by Crippen LogP contribution is 2.27. The van der Waals surface area contributed by atoms with Gasteiger partial charge >= 0.3 is 0 Å². The molecule has 0 radical (unpaired) electrons. The van der Waals surface area contributed by atoms with Crippen molar-refractivity contribution in [2.75, 3.05) is 7.11 Å². The smallest absolute Gasteiger partial charge is 0.256 e. The maximum atomic E-state index is 11.8. The number of pyridine rings is 1. The van der Waals surface area contributed by atoms with Crippen molar-refractivity contribution in [3.63, 3.8) is 0 Å². The van der Waals surface area contributed by atoms with Crippen molar-refractivity contribution < 1.29 is 4.74 Å². The fourth-order valence-corrected chi connectivity index (χ4v) is 2.66. The van der Waals surface area contributed by atoms with Crippen molar-refractivity contribution >= 4 is 32.3 Å². The summed E-state index contributed by atoms with van der Waals surface area (Å²) in [7, 11) is 1.62. The lowest BCUT2D eigenvalue weighted by molar-refractivity contribution is 0.415. The van der Waals surface area contributed by atoms with Gasteiger partial charge in [-0.1, -0.05) is 0 Å². The van der Waals surface area contributed by atoms with Crippen LogP contribution in [0.25, 0.3) is 21.0 Å². The van der Waals surface area contributed by atoms with E-state index in [1.807, 2.05) is 17.5 Å². The van der Waals surface area contributed by atoms with Gasteiger partial charge in [-0.15, -0.1) is 11.3 Å². The zero-order valence-electron chi connectivity index (χ0n) is 8.61. The van der Waals surface area contributed by atoms with Crippen LogP contribution < -0.4 is 10.3 Å². The van der Waals surface area contributed by atoms with Crippen molar-refractivity contribution in [2.24, 2.45) is 0 Å². The molecule has 0 atom stereocenters. The van der Waals surface area contributed by atoms with Crippen molar-refractivity contribution in [1.29, 1.82) is 0 Å². The van der Waals surface area contributed by atoms with Gasteiger partial charge in [0.15, 0.2) is 0 Å². The fourth-order valence-electron chi connectivity index (χ4n) is 1.86. The van der Waals surface area contributed by atoms with Crippen molar-refractivity contribution in [3.8, 4) is 5.75 Å². The summed E-state index contributed by atoms with van der Waals surface area (Å²) in [5.41, 5.74) is -0.0485. The molecule has 0 spiro atoms. The van der Waals surface area contributed by atoms with E-state index in [0.717, 1.165) is 21.4 Å². The standard InChI is InChI=1S/C12H9NO2S/c1-15-7-2-3-8-10(6-7)9-4-5-16-12(9)13-11(8)14/h2-6H,1H3,(H,13,14). The Morgan fingerprint density at radius 2 is 2.06 bits per heavy atom. The number of methoxy groups -OCH3 is 1. The van der Waals surface area contributed by atoms with Gasteiger partial charge in [0.05, 0.1) is 7.11 Å². The van der Waals surface area contributed by atoms with E-state index >= 15 is 0 Å². The number of aromatic amines is 1. The Balaban J connectivity index is 2.57. The molecule has 0 aliphatic carbocycles. The summed E-state index contributed by atoms with van der Waals surface area (Å²) in [5.74, 6) is 0.769. The minimum atomic E-state index is -0.0485. The molecule has 1 N–H and O–H groups in total. The number of nitrogens with one attached hydrogen (secondary N) is 1. The lowest BCUT2D eigenvalue weighted by Gasteiger charge is -2.02. The number of H-pyrrole nitrogens is 1. The normalized spacial score (nSPS) is 11.1. The monoisotopic (exact) mass is 231 g/mol. The summed E-state index contributed by atoms with van der Waals surface area (Å²) >= 11 is 1.53. The molecule has 3 nitrogen and oxygen atoms in total.